The normalized spacial score (nSPS) is 15.0. The maximum Gasteiger partial charge on any atom is 0.226 e. The molecule has 0 unspecified atom stereocenters. The first kappa shape index (κ1) is 23.5. The van der Waals surface area contributed by atoms with Gasteiger partial charge in [0.2, 0.25) is 5.91 Å². The standard InChI is InChI=1S/C27H31N3O4/c1-6-7-13-34-22-12-11-19(14-23(22)33-5)26(32)20-15-24(31)28-27-25(20)18(4)29-30(27)21-10-8-9-16(2)17(21)3/h8-12,14,20H,6-7,13,15H2,1-5H3,(H,28,31)/t20-/m0/s1. The molecule has 0 fully saturated rings. The highest BCUT2D eigenvalue weighted by molar-refractivity contribution is 6.08. The van der Waals surface area contributed by atoms with Gasteiger partial charge in [-0.2, -0.15) is 5.10 Å². The Balaban J connectivity index is 1.72. The molecule has 0 aliphatic carbocycles. The molecular weight excluding hydrogens is 430 g/mol. The van der Waals surface area contributed by atoms with Crippen molar-refractivity contribution >= 4 is 17.5 Å². The molecule has 1 N–H and O–H groups in total. The lowest BCUT2D eigenvalue weighted by atomic mass is 9.85. The third kappa shape index (κ3) is 4.30. The summed E-state index contributed by atoms with van der Waals surface area (Å²) >= 11 is 0. The van der Waals surface area contributed by atoms with Crippen LogP contribution in [0.2, 0.25) is 0 Å². The van der Waals surface area contributed by atoms with E-state index in [1.807, 2.05) is 39.0 Å². The summed E-state index contributed by atoms with van der Waals surface area (Å²) in [5.41, 5.74) is 5.03. The van der Waals surface area contributed by atoms with E-state index in [-0.39, 0.29) is 18.1 Å². The summed E-state index contributed by atoms with van der Waals surface area (Å²) < 4.78 is 13.0. The molecule has 3 aromatic rings. The molecule has 34 heavy (non-hydrogen) atoms. The van der Waals surface area contributed by atoms with Crippen molar-refractivity contribution < 1.29 is 19.1 Å². The molecule has 178 valence electrons. The number of hydrogen-bond acceptors (Lipinski definition) is 5. The van der Waals surface area contributed by atoms with Gasteiger partial charge >= 0.3 is 0 Å². The van der Waals surface area contributed by atoms with Gasteiger partial charge in [0.25, 0.3) is 0 Å². The van der Waals surface area contributed by atoms with E-state index in [0.29, 0.717) is 29.5 Å². The summed E-state index contributed by atoms with van der Waals surface area (Å²) in [5.74, 6) is 0.701. The summed E-state index contributed by atoms with van der Waals surface area (Å²) in [6.07, 6.45) is 2.04. The third-order valence-corrected chi connectivity index (χ3v) is 6.43. The fourth-order valence-electron chi connectivity index (χ4n) is 4.38. The Morgan fingerprint density at radius 3 is 2.71 bits per heavy atom. The number of ketones is 1. The number of amides is 1. The van der Waals surface area contributed by atoms with E-state index in [0.717, 1.165) is 40.9 Å². The monoisotopic (exact) mass is 461 g/mol. The molecule has 2 aromatic carbocycles. The summed E-state index contributed by atoms with van der Waals surface area (Å²) in [7, 11) is 1.56. The second-order valence-electron chi connectivity index (χ2n) is 8.72. The highest BCUT2D eigenvalue weighted by Crippen LogP contribution is 2.40. The molecule has 2 heterocycles. The number of fused-ring (bicyclic) bond motifs is 1. The molecule has 0 radical (unpaired) electrons. The zero-order valence-corrected chi connectivity index (χ0v) is 20.4. The van der Waals surface area contributed by atoms with E-state index >= 15 is 0 Å². The van der Waals surface area contributed by atoms with Gasteiger partial charge in [0.1, 0.15) is 5.82 Å². The number of carbonyl (C=O) groups excluding carboxylic acids is 2. The summed E-state index contributed by atoms with van der Waals surface area (Å²) in [6.45, 7) is 8.63. The van der Waals surface area contributed by atoms with E-state index in [9.17, 15) is 9.59 Å². The molecule has 1 amide bonds. The zero-order valence-electron chi connectivity index (χ0n) is 20.4. The first-order valence-corrected chi connectivity index (χ1v) is 11.7. The lowest BCUT2D eigenvalue weighted by Gasteiger charge is -2.24. The molecule has 1 aliphatic rings. The van der Waals surface area contributed by atoms with Crippen molar-refractivity contribution in [2.24, 2.45) is 0 Å². The van der Waals surface area contributed by atoms with Crippen LogP contribution in [0, 0.1) is 20.8 Å². The van der Waals surface area contributed by atoms with E-state index in [1.165, 1.54) is 0 Å². The van der Waals surface area contributed by atoms with E-state index in [1.54, 1.807) is 30.0 Å². The van der Waals surface area contributed by atoms with Gasteiger partial charge in [-0.25, -0.2) is 4.68 Å². The van der Waals surface area contributed by atoms with Crippen LogP contribution in [0.4, 0.5) is 5.82 Å². The van der Waals surface area contributed by atoms with E-state index in [2.05, 4.69) is 12.2 Å². The lowest BCUT2D eigenvalue weighted by molar-refractivity contribution is -0.116. The molecule has 0 spiro atoms. The molecule has 0 saturated heterocycles. The minimum Gasteiger partial charge on any atom is -0.493 e. The topological polar surface area (TPSA) is 82.5 Å². The third-order valence-electron chi connectivity index (χ3n) is 6.43. The van der Waals surface area contributed by atoms with Crippen molar-refractivity contribution in [2.75, 3.05) is 19.0 Å². The van der Waals surface area contributed by atoms with Crippen LogP contribution in [0.25, 0.3) is 5.69 Å². The van der Waals surface area contributed by atoms with Gasteiger partial charge in [0.05, 0.1) is 31.0 Å². The van der Waals surface area contributed by atoms with E-state index < -0.39 is 5.92 Å². The quantitative estimate of drug-likeness (QED) is 0.364. The van der Waals surface area contributed by atoms with Crippen LogP contribution in [-0.2, 0) is 4.79 Å². The Hall–Kier alpha value is -3.61. The number of anilines is 1. The Bertz CT molecular complexity index is 1240. The Morgan fingerprint density at radius 1 is 1.18 bits per heavy atom. The molecule has 0 bridgehead atoms. The number of carbonyl (C=O) groups is 2. The van der Waals surface area contributed by atoms with Crippen molar-refractivity contribution in [3.05, 3.63) is 64.3 Å². The minimum atomic E-state index is -0.626. The fourth-order valence-corrected chi connectivity index (χ4v) is 4.38. The molecule has 7 nitrogen and oxygen atoms in total. The van der Waals surface area contributed by atoms with Crippen molar-refractivity contribution in [1.82, 2.24) is 9.78 Å². The SMILES string of the molecule is CCCCOc1ccc(C(=O)[C@H]2CC(=O)Nc3c2c(C)nn3-c2cccc(C)c2C)cc1OC. The second kappa shape index (κ2) is 9.71. The largest absolute Gasteiger partial charge is 0.493 e. The number of rotatable bonds is 8. The molecule has 4 rings (SSSR count). The number of nitrogens with zero attached hydrogens (tertiary/aromatic N) is 2. The van der Waals surface area contributed by atoms with Gasteiger partial charge in [-0.3, -0.25) is 9.59 Å². The lowest BCUT2D eigenvalue weighted by Crippen LogP contribution is -2.28. The maximum atomic E-state index is 13.7. The van der Waals surface area contributed by atoms with E-state index in [4.69, 9.17) is 14.6 Å². The van der Waals surface area contributed by atoms with Crippen LogP contribution in [0.5, 0.6) is 11.5 Å². The number of aromatic nitrogens is 2. The number of Topliss-reactive ketones (excluding diaryl/α,β-unsaturated/α-hetero) is 1. The number of aryl methyl sites for hydroxylation is 2. The number of nitrogens with one attached hydrogen (secondary N) is 1. The predicted molar refractivity (Wildman–Crippen MR) is 131 cm³/mol. The summed E-state index contributed by atoms with van der Waals surface area (Å²) in [6, 6.07) is 11.2. The number of unbranched alkanes of at least 4 members (excludes halogenated alkanes) is 1. The molecule has 1 atom stereocenters. The van der Waals surface area contributed by atoms with Crippen molar-refractivity contribution in [3.63, 3.8) is 0 Å². The van der Waals surface area contributed by atoms with Gasteiger partial charge in [-0.1, -0.05) is 25.5 Å². The van der Waals surface area contributed by atoms with Crippen LogP contribution in [0.3, 0.4) is 0 Å². The molecule has 1 aromatic heterocycles. The van der Waals surface area contributed by atoms with Gasteiger partial charge in [0, 0.05) is 17.5 Å². The molecule has 0 saturated carbocycles. The van der Waals surface area contributed by atoms with Crippen molar-refractivity contribution in [2.45, 2.75) is 52.9 Å². The maximum absolute atomic E-state index is 13.7. The summed E-state index contributed by atoms with van der Waals surface area (Å²) in [5, 5.41) is 7.68. The number of ether oxygens (including phenoxy) is 2. The van der Waals surface area contributed by atoms with Crippen LogP contribution >= 0.6 is 0 Å². The molecular formula is C27H31N3O4. The van der Waals surface area contributed by atoms with Crippen molar-refractivity contribution in [1.29, 1.82) is 0 Å². The first-order valence-electron chi connectivity index (χ1n) is 11.7. The highest BCUT2D eigenvalue weighted by atomic mass is 16.5. The Morgan fingerprint density at radius 2 is 1.97 bits per heavy atom. The number of methoxy groups -OCH3 is 1. The van der Waals surface area contributed by atoms with Crippen LogP contribution in [0.1, 0.15) is 64.8 Å². The highest BCUT2D eigenvalue weighted by Gasteiger charge is 2.36. The van der Waals surface area contributed by atoms with Crippen LogP contribution in [0.15, 0.2) is 36.4 Å². The average Bonchev–Trinajstić information content (AvgIpc) is 3.15. The average molecular weight is 462 g/mol. The Kier molecular flexibility index (Phi) is 6.72. The second-order valence-corrected chi connectivity index (χ2v) is 8.72. The number of benzene rings is 2. The van der Waals surface area contributed by atoms with Crippen molar-refractivity contribution in [3.8, 4) is 17.2 Å². The van der Waals surface area contributed by atoms with Crippen LogP contribution < -0.4 is 14.8 Å². The molecule has 1 aliphatic heterocycles. The Labute approximate surface area is 200 Å². The minimum absolute atomic E-state index is 0.0717. The smallest absolute Gasteiger partial charge is 0.226 e. The fraction of sp³-hybridized carbons (Fsp3) is 0.370. The first-order chi connectivity index (χ1) is 16.3. The van der Waals surface area contributed by atoms with Crippen LogP contribution in [-0.4, -0.2) is 35.2 Å². The van der Waals surface area contributed by atoms with Gasteiger partial charge in [-0.05, 0) is 62.6 Å². The van der Waals surface area contributed by atoms with Gasteiger partial charge in [0.15, 0.2) is 17.3 Å². The summed E-state index contributed by atoms with van der Waals surface area (Å²) in [4.78, 5) is 26.3. The van der Waals surface area contributed by atoms with Gasteiger partial charge < -0.3 is 14.8 Å². The predicted octanol–water partition coefficient (Wildman–Crippen LogP) is 5.29. The molecule has 7 heteroatoms. The number of hydrogen-bond donors (Lipinski definition) is 1. The zero-order chi connectivity index (χ0) is 24.4. The van der Waals surface area contributed by atoms with Gasteiger partial charge in [-0.15, -0.1) is 0 Å².